The van der Waals surface area contributed by atoms with Gasteiger partial charge in [-0.3, -0.25) is 4.79 Å². The summed E-state index contributed by atoms with van der Waals surface area (Å²) in [6, 6.07) is 0. The Morgan fingerprint density at radius 3 is 1.90 bits per heavy atom. The molecule has 10 heavy (non-hydrogen) atoms. The molecule has 0 atom stereocenters. The van der Waals surface area contributed by atoms with Crippen LogP contribution in [0.4, 0.5) is 0 Å². The third kappa shape index (κ3) is 4.36. The summed E-state index contributed by atoms with van der Waals surface area (Å²) in [5.41, 5.74) is -0.346. The molecule has 0 heterocycles. The fourth-order valence-electron chi connectivity index (χ4n) is 0.420. The molecule has 0 spiro atoms. The minimum absolute atomic E-state index is 0. The Bertz CT molecular complexity index is 125. The summed E-state index contributed by atoms with van der Waals surface area (Å²) in [4.78, 5) is 10.9. The number of carbonyl (C=O) groups excluding carboxylic acids is 1. The van der Waals surface area contributed by atoms with Crippen LogP contribution in [-0.4, -0.2) is 11.6 Å². The number of rotatable bonds is 1. The van der Waals surface area contributed by atoms with Crippen molar-refractivity contribution in [1.82, 2.24) is 0 Å². The zero-order chi connectivity index (χ0) is 8.36. The summed E-state index contributed by atoms with van der Waals surface area (Å²) in [6.45, 7) is 9.26. The largest absolute Gasteiger partial charge is 0.460 e. The molecular formula is C8H18O2. The van der Waals surface area contributed by atoms with Crippen LogP contribution in [0.3, 0.4) is 0 Å². The third-order valence-electron chi connectivity index (χ3n) is 0.878. The zero-order valence-corrected chi connectivity index (χ0v) is 7.39. The van der Waals surface area contributed by atoms with E-state index in [-0.39, 0.29) is 18.9 Å². The van der Waals surface area contributed by atoms with Crippen molar-refractivity contribution in [2.45, 2.75) is 40.2 Å². The number of ether oxygens (including phenoxy) is 1. The van der Waals surface area contributed by atoms with E-state index in [2.05, 4.69) is 0 Å². The molecule has 0 N–H and O–H groups in total. The molecule has 0 aliphatic carbocycles. The minimum atomic E-state index is -0.346. The normalized spacial score (nSPS) is 11.8. The standard InChI is InChI=1S/C8H16O2.H2/c1-6(2)7(9)10-8(3,4)5;/h6H,1-5H3;1H. The van der Waals surface area contributed by atoms with Crippen LogP contribution in [0.1, 0.15) is 36.0 Å². The highest BCUT2D eigenvalue weighted by Gasteiger charge is 2.17. The average molecular weight is 146 g/mol. The van der Waals surface area contributed by atoms with Gasteiger partial charge in [0.15, 0.2) is 0 Å². The van der Waals surface area contributed by atoms with Crippen molar-refractivity contribution in [2.24, 2.45) is 5.92 Å². The van der Waals surface area contributed by atoms with Crippen LogP contribution in [-0.2, 0) is 9.53 Å². The first-order chi connectivity index (χ1) is 4.33. The molecule has 0 rings (SSSR count). The van der Waals surface area contributed by atoms with E-state index >= 15 is 0 Å². The second kappa shape index (κ2) is 3.04. The van der Waals surface area contributed by atoms with Crippen LogP contribution in [0.15, 0.2) is 0 Å². The quantitative estimate of drug-likeness (QED) is 0.530. The lowest BCUT2D eigenvalue weighted by atomic mass is 10.1. The summed E-state index contributed by atoms with van der Waals surface area (Å²) >= 11 is 0. The number of esters is 1. The van der Waals surface area contributed by atoms with Gasteiger partial charge in [-0.1, -0.05) is 13.8 Å². The molecule has 0 aromatic heterocycles. The van der Waals surface area contributed by atoms with Crippen molar-refractivity contribution in [1.29, 1.82) is 0 Å². The highest BCUT2D eigenvalue weighted by molar-refractivity contribution is 5.71. The maximum absolute atomic E-state index is 10.9. The van der Waals surface area contributed by atoms with Gasteiger partial charge in [0.05, 0.1) is 5.92 Å². The Kier molecular flexibility index (Phi) is 2.88. The highest BCUT2D eigenvalue weighted by atomic mass is 16.6. The molecule has 0 unspecified atom stereocenters. The van der Waals surface area contributed by atoms with Crippen molar-refractivity contribution in [3.63, 3.8) is 0 Å². The fourth-order valence-corrected chi connectivity index (χ4v) is 0.420. The lowest BCUT2D eigenvalue weighted by molar-refractivity contribution is -0.158. The number of carbonyl (C=O) groups is 1. The van der Waals surface area contributed by atoms with Gasteiger partial charge in [-0.15, -0.1) is 0 Å². The maximum atomic E-state index is 10.9. The molecule has 2 heteroatoms. The van der Waals surface area contributed by atoms with Gasteiger partial charge in [0.2, 0.25) is 0 Å². The molecule has 0 bridgehead atoms. The minimum Gasteiger partial charge on any atom is -0.460 e. The van der Waals surface area contributed by atoms with Crippen LogP contribution in [0, 0.1) is 5.92 Å². The molecule has 0 amide bonds. The van der Waals surface area contributed by atoms with Crippen LogP contribution in [0.25, 0.3) is 0 Å². The molecule has 62 valence electrons. The topological polar surface area (TPSA) is 26.3 Å². The van der Waals surface area contributed by atoms with Crippen LogP contribution in [0.2, 0.25) is 0 Å². The van der Waals surface area contributed by atoms with E-state index in [0.717, 1.165) is 0 Å². The summed E-state index contributed by atoms with van der Waals surface area (Å²) in [6.07, 6.45) is 0. The maximum Gasteiger partial charge on any atom is 0.308 e. The molecule has 0 fully saturated rings. The van der Waals surface area contributed by atoms with Gasteiger partial charge in [-0.05, 0) is 20.8 Å². The first-order valence-corrected chi connectivity index (χ1v) is 3.56. The average Bonchev–Trinajstić information content (AvgIpc) is 1.60. The Labute approximate surface area is 64.1 Å². The fraction of sp³-hybridized carbons (Fsp3) is 0.875. The molecule has 0 radical (unpaired) electrons. The lowest BCUT2D eigenvalue weighted by Crippen LogP contribution is -2.26. The van der Waals surface area contributed by atoms with Gasteiger partial charge in [0, 0.05) is 1.43 Å². The molecule has 0 aromatic rings. The van der Waals surface area contributed by atoms with Crippen LogP contribution in [0.5, 0.6) is 0 Å². The van der Waals surface area contributed by atoms with E-state index in [1.165, 1.54) is 0 Å². The Balaban J connectivity index is 0. The van der Waals surface area contributed by atoms with E-state index in [0.29, 0.717) is 0 Å². The van der Waals surface area contributed by atoms with Crippen LogP contribution >= 0.6 is 0 Å². The van der Waals surface area contributed by atoms with E-state index < -0.39 is 0 Å². The Hall–Kier alpha value is -0.530. The zero-order valence-electron chi connectivity index (χ0n) is 7.39. The Morgan fingerprint density at radius 1 is 1.40 bits per heavy atom. The lowest BCUT2D eigenvalue weighted by Gasteiger charge is -2.20. The van der Waals surface area contributed by atoms with Gasteiger partial charge < -0.3 is 4.74 Å². The summed E-state index contributed by atoms with van der Waals surface area (Å²) in [5.74, 6) is -0.160. The van der Waals surface area contributed by atoms with E-state index in [1.807, 2.05) is 34.6 Å². The first-order valence-electron chi connectivity index (χ1n) is 3.56. The monoisotopic (exact) mass is 146 g/mol. The van der Waals surface area contributed by atoms with Crippen molar-refractivity contribution in [2.75, 3.05) is 0 Å². The third-order valence-corrected chi connectivity index (χ3v) is 0.878. The smallest absolute Gasteiger partial charge is 0.308 e. The second-order valence-corrected chi connectivity index (χ2v) is 3.69. The number of hydrogen-bond donors (Lipinski definition) is 0. The summed E-state index contributed by atoms with van der Waals surface area (Å²) in [7, 11) is 0. The van der Waals surface area contributed by atoms with Gasteiger partial charge in [-0.25, -0.2) is 0 Å². The van der Waals surface area contributed by atoms with Crippen molar-refractivity contribution in [3.8, 4) is 0 Å². The predicted octanol–water partition coefficient (Wildman–Crippen LogP) is 2.23. The van der Waals surface area contributed by atoms with Crippen molar-refractivity contribution < 1.29 is 11.0 Å². The molecular weight excluding hydrogens is 128 g/mol. The van der Waals surface area contributed by atoms with E-state index in [4.69, 9.17) is 4.74 Å². The molecule has 0 aliphatic rings. The van der Waals surface area contributed by atoms with Crippen molar-refractivity contribution in [3.05, 3.63) is 0 Å². The number of hydrogen-bond acceptors (Lipinski definition) is 2. The summed E-state index contributed by atoms with van der Waals surface area (Å²) < 4.78 is 5.06. The molecule has 0 saturated heterocycles. The van der Waals surface area contributed by atoms with E-state index in [9.17, 15) is 4.79 Å². The SMILES string of the molecule is CC(C)C(=O)OC(C)(C)C.[HH]. The Morgan fingerprint density at radius 2 is 1.80 bits per heavy atom. The predicted molar refractivity (Wildman–Crippen MR) is 42.8 cm³/mol. The van der Waals surface area contributed by atoms with Gasteiger partial charge >= 0.3 is 5.97 Å². The molecule has 2 nitrogen and oxygen atoms in total. The van der Waals surface area contributed by atoms with Gasteiger partial charge in [0.1, 0.15) is 5.60 Å². The van der Waals surface area contributed by atoms with Gasteiger partial charge in [0.25, 0.3) is 0 Å². The summed E-state index contributed by atoms with van der Waals surface area (Å²) in [5, 5.41) is 0. The van der Waals surface area contributed by atoms with Crippen LogP contribution < -0.4 is 0 Å². The van der Waals surface area contributed by atoms with Gasteiger partial charge in [-0.2, -0.15) is 0 Å². The second-order valence-electron chi connectivity index (χ2n) is 3.69. The van der Waals surface area contributed by atoms with Crippen molar-refractivity contribution >= 4 is 5.97 Å². The first kappa shape index (κ1) is 9.47. The van der Waals surface area contributed by atoms with E-state index in [1.54, 1.807) is 0 Å². The molecule has 0 aromatic carbocycles. The molecule has 0 aliphatic heterocycles. The highest BCUT2D eigenvalue weighted by Crippen LogP contribution is 2.10. The molecule has 0 saturated carbocycles.